The van der Waals surface area contributed by atoms with Gasteiger partial charge in [-0.2, -0.15) is 4.98 Å². The van der Waals surface area contributed by atoms with Crippen LogP contribution in [0.15, 0.2) is 65.0 Å². The van der Waals surface area contributed by atoms with Crippen molar-refractivity contribution in [2.75, 3.05) is 16.4 Å². The van der Waals surface area contributed by atoms with E-state index in [0.717, 1.165) is 17.7 Å². The van der Waals surface area contributed by atoms with Crippen LogP contribution in [0.2, 0.25) is 0 Å². The minimum Gasteiger partial charge on any atom is -0.328 e. The van der Waals surface area contributed by atoms with E-state index < -0.39 is 6.04 Å². The van der Waals surface area contributed by atoms with Gasteiger partial charge in [-0.1, -0.05) is 43.0 Å². The molecule has 0 saturated carbocycles. The Hall–Kier alpha value is -3.13. The monoisotopic (exact) mass is 437 g/mol. The van der Waals surface area contributed by atoms with E-state index >= 15 is 0 Å². The number of carbonyl (C=O) groups is 1. The van der Waals surface area contributed by atoms with Gasteiger partial charge in [0.1, 0.15) is 11.9 Å². The van der Waals surface area contributed by atoms with Crippen LogP contribution in [0.4, 0.5) is 16.0 Å². The van der Waals surface area contributed by atoms with Gasteiger partial charge in [0.15, 0.2) is 0 Å². The van der Waals surface area contributed by atoms with Gasteiger partial charge < -0.3 is 10.6 Å². The largest absolute Gasteiger partial charge is 0.328 e. The van der Waals surface area contributed by atoms with Crippen LogP contribution in [0, 0.1) is 12.7 Å². The highest BCUT2D eigenvalue weighted by Crippen LogP contribution is 2.37. The smallest absolute Gasteiger partial charge is 0.255 e. The Bertz CT molecular complexity index is 1160. The summed E-state index contributed by atoms with van der Waals surface area (Å²) < 4.78 is 15.8. The second-order valence-corrected chi connectivity index (χ2v) is 8.52. The lowest BCUT2D eigenvalue weighted by Gasteiger charge is -2.28. The zero-order chi connectivity index (χ0) is 22.0. The number of aryl methyl sites for hydroxylation is 1. The van der Waals surface area contributed by atoms with Gasteiger partial charge in [-0.3, -0.25) is 4.79 Å². The van der Waals surface area contributed by atoms with Crippen molar-refractivity contribution in [2.45, 2.75) is 38.4 Å². The van der Waals surface area contributed by atoms with Crippen molar-refractivity contribution in [1.29, 1.82) is 0 Å². The number of carbonyl (C=O) groups excluding carboxylic acids is 1. The molecule has 1 aliphatic heterocycles. The molecule has 0 bridgehead atoms. The third-order valence-corrected chi connectivity index (χ3v) is 6.00. The zero-order valence-corrected chi connectivity index (χ0v) is 18.5. The summed E-state index contributed by atoms with van der Waals surface area (Å²) >= 11 is 1.55. The number of aromatic nitrogens is 3. The molecule has 6 nitrogen and oxygen atoms in total. The zero-order valence-electron chi connectivity index (χ0n) is 17.6. The number of allylic oxidation sites excluding steroid dienone is 1. The molecule has 0 saturated heterocycles. The number of benzene rings is 2. The maximum Gasteiger partial charge on any atom is 0.255 e. The molecule has 2 N–H and O–H groups in total. The minimum atomic E-state index is -0.597. The van der Waals surface area contributed by atoms with Gasteiger partial charge in [0, 0.05) is 17.1 Å². The Morgan fingerprint density at radius 1 is 1.23 bits per heavy atom. The molecule has 2 heterocycles. The Morgan fingerprint density at radius 2 is 2.03 bits per heavy atom. The molecule has 0 spiro atoms. The van der Waals surface area contributed by atoms with E-state index in [1.807, 2.05) is 38.1 Å². The van der Waals surface area contributed by atoms with Crippen LogP contribution in [0.5, 0.6) is 0 Å². The first-order valence-corrected chi connectivity index (χ1v) is 11.2. The van der Waals surface area contributed by atoms with Gasteiger partial charge in [0.05, 0.1) is 5.57 Å². The van der Waals surface area contributed by atoms with Crippen molar-refractivity contribution >= 4 is 29.3 Å². The van der Waals surface area contributed by atoms with E-state index in [4.69, 9.17) is 0 Å². The van der Waals surface area contributed by atoms with Crippen LogP contribution in [-0.4, -0.2) is 26.4 Å². The molecule has 0 aliphatic carbocycles. The fourth-order valence-electron chi connectivity index (χ4n) is 3.59. The first kappa shape index (κ1) is 21.1. The standard InChI is InChI=1S/C23H24FN5OS/c1-4-11-31-23-27-22-25-15(3)19(21(30)26-18-10-5-7-14(2)12-18)20(29(22)28-23)16-8-6-9-17(24)13-16/h5-10,12-13,20H,4,11H2,1-3H3,(H,26,30)(H,25,27,28). The Kier molecular flexibility index (Phi) is 6.08. The number of nitrogens with zero attached hydrogens (tertiary/aromatic N) is 3. The summed E-state index contributed by atoms with van der Waals surface area (Å²) in [6.07, 6.45) is 0.997. The summed E-state index contributed by atoms with van der Waals surface area (Å²) in [7, 11) is 0. The molecule has 8 heteroatoms. The van der Waals surface area contributed by atoms with Crippen LogP contribution < -0.4 is 10.6 Å². The maximum absolute atomic E-state index is 14.1. The van der Waals surface area contributed by atoms with Gasteiger partial charge in [-0.05, 0) is 55.7 Å². The first-order valence-electron chi connectivity index (χ1n) is 10.2. The van der Waals surface area contributed by atoms with E-state index in [2.05, 4.69) is 27.6 Å². The minimum absolute atomic E-state index is 0.270. The summed E-state index contributed by atoms with van der Waals surface area (Å²) in [4.78, 5) is 17.9. The number of amides is 1. The maximum atomic E-state index is 14.1. The lowest BCUT2D eigenvalue weighted by atomic mass is 9.95. The molecule has 3 aromatic rings. The fourth-order valence-corrected chi connectivity index (χ4v) is 4.27. The summed E-state index contributed by atoms with van der Waals surface area (Å²) in [5.41, 5.74) is 3.51. The molecule has 1 amide bonds. The lowest BCUT2D eigenvalue weighted by molar-refractivity contribution is -0.113. The van der Waals surface area contributed by atoms with Gasteiger partial charge >= 0.3 is 0 Å². The summed E-state index contributed by atoms with van der Waals surface area (Å²) in [6.45, 7) is 5.89. The highest BCUT2D eigenvalue weighted by Gasteiger charge is 2.34. The van der Waals surface area contributed by atoms with Gasteiger partial charge in [0.25, 0.3) is 5.91 Å². The van der Waals surface area contributed by atoms with E-state index in [1.54, 1.807) is 28.6 Å². The SMILES string of the molecule is CCCSc1nc2n(n1)C(c1cccc(F)c1)C(C(=O)Nc1cccc(C)c1)=C(C)N2. The molecule has 0 radical (unpaired) electrons. The van der Waals surface area contributed by atoms with Crippen molar-refractivity contribution in [1.82, 2.24) is 14.8 Å². The first-order chi connectivity index (χ1) is 15.0. The van der Waals surface area contributed by atoms with Crippen LogP contribution in [-0.2, 0) is 4.79 Å². The Labute approximate surface area is 185 Å². The average molecular weight is 438 g/mol. The molecule has 2 aromatic carbocycles. The lowest BCUT2D eigenvalue weighted by Crippen LogP contribution is -2.31. The molecule has 1 atom stereocenters. The molecular formula is C23H24FN5OS. The topological polar surface area (TPSA) is 71.8 Å². The van der Waals surface area contributed by atoms with Crippen molar-refractivity contribution < 1.29 is 9.18 Å². The van der Waals surface area contributed by atoms with Crippen molar-refractivity contribution in [3.05, 3.63) is 76.7 Å². The van der Waals surface area contributed by atoms with Gasteiger partial charge in [0.2, 0.25) is 11.1 Å². The number of nitrogens with one attached hydrogen (secondary N) is 2. The van der Waals surface area contributed by atoms with Crippen LogP contribution in [0.1, 0.15) is 37.4 Å². The number of hydrogen-bond acceptors (Lipinski definition) is 5. The van der Waals surface area contributed by atoms with E-state index in [1.165, 1.54) is 12.1 Å². The molecular weight excluding hydrogens is 413 g/mol. The van der Waals surface area contributed by atoms with Crippen LogP contribution >= 0.6 is 11.8 Å². The highest BCUT2D eigenvalue weighted by atomic mass is 32.2. The van der Waals surface area contributed by atoms with E-state index in [9.17, 15) is 9.18 Å². The fraction of sp³-hybridized carbons (Fsp3) is 0.261. The van der Waals surface area contributed by atoms with Crippen molar-refractivity contribution in [3.8, 4) is 0 Å². The van der Waals surface area contributed by atoms with E-state index in [-0.39, 0.29) is 11.7 Å². The van der Waals surface area contributed by atoms with Gasteiger partial charge in [-0.15, -0.1) is 5.10 Å². The second-order valence-electron chi connectivity index (χ2n) is 7.46. The van der Waals surface area contributed by atoms with Crippen LogP contribution in [0.25, 0.3) is 0 Å². The number of rotatable bonds is 6. The third-order valence-electron chi connectivity index (χ3n) is 4.95. The normalized spacial score (nSPS) is 15.4. The molecule has 0 fully saturated rings. The highest BCUT2D eigenvalue weighted by molar-refractivity contribution is 7.99. The molecule has 1 unspecified atom stereocenters. The Balaban J connectivity index is 1.76. The quantitative estimate of drug-likeness (QED) is 0.522. The number of fused-ring (bicyclic) bond motifs is 1. The molecule has 4 rings (SSSR count). The summed E-state index contributed by atoms with van der Waals surface area (Å²) in [5, 5.41) is 11.4. The predicted octanol–water partition coefficient (Wildman–Crippen LogP) is 5.16. The summed E-state index contributed by atoms with van der Waals surface area (Å²) in [6, 6.07) is 13.3. The molecule has 160 valence electrons. The molecule has 1 aromatic heterocycles. The van der Waals surface area contributed by atoms with Gasteiger partial charge in [-0.25, -0.2) is 9.07 Å². The molecule has 1 aliphatic rings. The number of anilines is 2. The van der Waals surface area contributed by atoms with E-state index in [0.29, 0.717) is 33.6 Å². The third kappa shape index (κ3) is 4.49. The average Bonchev–Trinajstić information content (AvgIpc) is 3.13. The number of thioether (sulfide) groups is 1. The van der Waals surface area contributed by atoms with Crippen molar-refractivity contribution in [3.63, 3.8) is 0 Å². The second kappa shape index (κ2) is 8.93. The number of hydrogen-bond donors (Lipinski definition) is 2. The van der Waals surface area contributed by atoms with Crippen molar-refractivity contribution in [2.24, 2.45) is 0 Å². The Morgan fingerprint density at radius 3 is 2.77 bits per heavy atom. The predicted molar refractivity (Wildman–Crippen MR) is 122 cm³/mol. The number of halogens is 1. The molecule has 31 heavy (non-hydrogen) atoms. The summed E-state index contributed by atoms with van der Waals surface area (Å²) in [5.74, 6) is 0.793. The van der Waals surface area contributed by atoms with Crippen LogP contribution in [0.3, 0.4) is 0 Å².